The van der Waals surface area contributed by atoms with E-state index in [1.54, 1.807) is 0 Å². The average Bonchev–Trinajstić information content (AvgIpc) is 2.63. The van der Waals surface area contributed by atoms with Gasteiger partial charge < -0.3 is 30.6 Å². The molecular formula is C16H28O6S. The summed E-state index contributed by atoms with van der Waals surface area (Å²) in [6, 6.07) is 0. The zero-order valence-corrected chi connectivity index (χ0v) is 13.9. The number of hydrogen-bond donors (Lipinski definition) is 6. The van der Waals surface area contributed by atoms with E-state index in [1.165, 1.54) is 27.0 Å². The summed E-state index contributed by atoms with van der Waals surface area (Å²) in [5.74, 6) is 0. The Morgan fingerprint density at radius 1 is 0.652 bits per heavy atom. The van der Waals surface area contributed by atoms with Crippen molar-refractivity contribution in [2.45, 2.75) is 29.9 Å². The highest BCUT2D eigenvalue weighted by atomic mass is 32.4. The monoisotopic (exact) mass is 348 g/mol. The zero-order chi connectivity index (χ0) is 18.5. The van der Waals surface area contributed by atoms with Crippen LogP contribution in [-0.4, -0.2) is 67.1 Å². The summed E-state index contributed by atoms with van der Waals surface area (Å²) >= 11 is 0. The van der Waals surface area contributed by atoms with Crippen LogP contribution in [0.15, 0.2) is 59.9 Å². The molecule has 0 aliphatic heterocycles. The summed E-state index contributed by atoms with van der Waals surface area (Å²) in [7, 11) is -4.32. The molecule has 23 heavy (non-hydrogen) atoms. The first kappa shape index (κ1) is 21.8. The van der Waals surface area contributed by atoms with Gasteiger partial charge in [-0.2, -0.15) is 8.29 Å². The van der Waals surface area contributed by atoms with Gasteiger partial charge in [0.25, 0.3) is 0 Å². The van der Waals surface area contributed by atoms with Crippen LogP contribution in [0.2, 0.25) is 0 Å². The summed E-state index contributed by atoms with van der Waals surface area (Å²) in [6.07, 6.45) is -7.51. The van der Waals surface area contributed by atoms with Crippen molar-refractivity contribution in [1.29, 1.82) is 0 Å². The van der Waals surface area contributed by atoms with Gasteiger partial charge in [-0.3, -0.25) is 0 Å². The van der Waals surface area contributed by atoms with Crippen LogP contribution in [0.3, 0.4) is 0 Å². The number of rotatable bonds is 11. The highest BCUT2D eigenvalue weighted by Gasteiger charge is 2.58. The molecule has 0 fully saturated rings. The van der Waals surface area contributed by atoms with Crippen molar-refractivity contribution in [1.82, 2.24) is 0 Å². The normalized spacial score (nSPS) is 21.5. The van der Waals surface area contributed by atoms with Crippen LogP contribution in [-0.2, 0) is 0 Å². The van der Waals surface area contributed by atoms with Crippen molar-refractivity contribution >= 4 is 8.29 Å². The molecule has 0 spiro atoms. The first-order valence-electron chi connectivity index (χ1n) is 6.80. The minimum atomic E-state index is -4.32. The summed E-state index contributed by atoms with van der Waals surface area (Å²) in [5.41, 5.74) is -1.77. The summed E-state index contributed by atoms with van der Waals surface area (Å²) < 4.78 is 0. The molecule has 6 N–H and O–H groups in total. The molecule has 0 saturated carbocycles. The smallest absolute Gasteiger partial charge is 0.116 e. The third kappa shape index (κ3) is 2.74. The Morgan fingerprint density at radius 2 is 1.00 bits per heavy atom. The molecule has 0 saturated heterocycles. The van der Waals surface area contributed by atoms with Crippen molar-refractivity contribution in [2.75, 3.05) is 6.61 Å². The predicted molar refractivity (Wildman–Crippen MR) is 95.7 cm³/mol. The molecule has 0 heterocycles. The van der Waals surface area contributed by atoms with Gasteiger partial charge in [-0.1, -0.05) is 59.9 Å². The molecule has 134 valence electrons. The van der Waals surface area contributed by atoms with Crippen molar-refractivity contribution < 1.29 is 30.6 Å². The molecule has 0 amide bonds. The molecule has 7 heteroatoms. The molecule has 0 rings (SSSR count). The van der Waals surface area contributed by atoms with Crippen molar-refractivity contribution in [2.24, 2.45) is 0 Å². The minimum Gasteiger partial charge on any atom is -0.394 e. The predicted octanol–water partition coefficient (Wildman–Crippen LogP) is 0.334. The van der Waals surface area contributed by atoms with Gasteiger partial charge in [0.2, 0.25) is 0 Å². The standard InChI is InChI=1S/C16H28O6S/c1-6-23(7-2,8-3,9-4,10-5)16(22)15(21)14(20)13(19)12(18)11-17/h6-10,12-22H,1-5,11H2/t12-,13-,14+,15-,16?/m1/s1. The molecule has 0 aromatic heterocycles. The third-order valence-corrected chi connectivity index (χ3v) is 11.2. The van der Waals surface area contributed by atoms with Gasteiger partial charge in [-0.25, -0.2) is 0 Å². The zero-order valence-electron chi connectivity index (χ0n) is 13.1. The second-order valence-electron chi connectivity index (χ2n) is 5.49. The van der Waals surface area contributed by atoms with Gasteiger partial charge in [0.1, 0.15) is 29.9 Å². The average molecular weight is 348 g/mol. The quantitative estimate of drug-likeness (QED) is 0.320. The number of aliphatic hydroxyl groups is 6. The first-order chi connectivity index (χ1) is 10.6. The molecule has 0 aromatic carbocycles. The van der Waals surface area contributed by atoms with E-state index in [0.717, 1.165) is 0 Å². The Kier molecular flexibility index (Phi) is 6.39. The lowest BCUT2D eigenvalue weighted by Gasteiger charge is -2.72. The van der Waals surface area contributed by atoms with Crippen molar-refractivity contribution in [3.8, 4) is 0 Å². The lowest BCUT2D eigenvalue weighted by molar-refractivity contribution is -0.128. The van der Waals surface area contributed by atoms with E-state index < -0.39 is 44.8 Å². The molecule has 5 atom stereocenters. The van der Waals surface area contributed by atoms with Crippen molar-refractivity contribution in [3.05, 3.63) is 59.9 Å². The van der Waals surface area contributed by atoms with E-state index in [0.29, 0.717) is 0 Å². The van der Waals surface area contributed by atoms with E-state index in [9.17, 15) is 25.5 Å². The Morgan fingerprint density at radius 3 is 1.26 bits per heavy atom. The fourth-order valence-corrected chi connectivity index (χ4v) is 5.59. The number of aliphatic hydroxyl groups excluding tert-OH is 6. The molecule has 0 radical (unpaired) electrons. The van der Waals surface area contributed by atoms with E-state index in [-0.39, 0.29) is 0 Å². The van der Waals surface area contributed by atoms with E-state index in [4.69, 9.17) is 5.11 Å². The maximum atomic E-state index is 10.8. The minimum absolute atomic E-state index is 0.835. The van der Waals surface area contributed by atoms with Gasteiger partial charge in [0.15, 0.2) is 0 Å². The molecule has 0 aliphatic carbocycles. The first-order valence-corrected chi connectivity index (χ1v) is 9.63. The maximum absolute atomic E-state index is 10.8. The van der Waals surface area contributed by atoms with Crippen LogP contribution in [0.5, 0.6) is 0 Å². The maximum Gasteiger partial charge on any atom is 0.116 e. The Hall–Kier alpha value is -1.19. The summed E-state index contributed by atoms with van der Waals surface area (Å²) in [4.78, 5) is 0. The van der Waals surface area contributed by atoms with Gasteiger partial charge in [-0.05, 0) is 0 Å². The molecule has 0 aliphatic rings. The molecule has 0 aromatic rings. The van der Waals surface area contributed by atoms with Gasteiger partial charge in [0.05, 0.1) is 6.61 Å². The summed E-state index contributed by atoms with van der Waals surface area (Å²) in [5, 5.41) is 65.8. The Balaban J connectivity index is 6.23. The van der Waals surface area contributed by atoms with E-state index >= 15 is 0 Å². The fraction of sp³-hybridized carbons (Fsp3) is 0.375. The van der Waals surface area contributed by atoms with Gasteiger partial charge in [-0.15, -0.1) is 0 Å². The lowest BCUT2D eigenvalue weighted by atomic mass is 10.0. The fourth-order valence-electron chi connectivity index (χ4n) is 2.28. The molecule has 0 bridgehead atoms. The van der Waals surface area contributed by atoms with Crippen LogP contribution in [0.25, 0.3) is 0 Å². The SMILES string of the molecule is C=CS(C=C)(C=C)(C=C)(C=C)C(O)[C@H](O)[C@@H](O)[C@H](O)[C@H](O)CO. The van der Waals surface area contributed by atoms with E-state index in [1.807, 2.05) is 0 Å². The summed E-state index contributed by atoms with van der Waals surface area (Å²) in [6.45, 7) is 17.6. The van der Waals surface area contributed by atoms with Crippen LogP contribution in [0, 0.1) is 0 Å². The molecular weight excluding hydrogens is 320 g/mol. The molecule has 6 nitrogen and oxygen atoms in total. The highest BCUT2D eigenvalue weighted by molar-refractivity contribution is 8.74. The topological polar surface area (TPSA) is 121 Å². The second-order valence-corrected chi connectivity index (χ2v) is 11.7. The second kappa shape index (κ2) is 6.74. The van der Waals surface area contributed by atoms with Gasteiger partial charge in [0, 0.05) is 0 Å². The third-order valence-electron chi connectivity index (χ3n) is 4.68. The van der Waals surface area contributed by atoms with Gasteiger partial charge >= 0.3 is 0 Å². The van der Waals surface area contributed by atoms with Crippen LogP contribution in [0.4, 0.5) is 0 Å². The van der Waals surface area contributed by atoms with E-state index in [2.05, 4.69) is 32.9 Å². The lowest BCUT2D eigenvalue weighted by Crippen LogP contribution is -2.54. The van der Waals surface area contributed by atoms with Crippen LogP contribution in [0.1, 0.15) is 0 Å². The Bertz CT molecular complexity index is 443. The largest absolute Gasteiger partial charge is 0.394 e. The van der Waals surface area contributed by atoms with Crippen LogP contribution >= 0.6 is 8.29 Å². The highest BCUT2D eigenvalue weighted by Crippen LogP contribution is 2.97. The molecule has 1 unspecified atom stereocenters. The van der Waals surface area contributed by atoms with Crippen molar-refractivity contribution in [3.63, 3.8) is 0 Å². The van der Waals surface area contributed by atoms with Crippen LogP contribution < -0.4 is 0 Å². The Labute approximate surface area is 136 Å². The number of hydrogen-bond acceptors (Lipinski definition) is 6.